The molecule has 0 heterocycles. The number of nitrogens with one attached hydrogen (secondary N) is 1. The fourth-order valence-corrected chi connectivity index (χ4v) is 1.04. The van der Waals surface area contributed by atoms with Crippen LogP contribution in [-0.2, 0) is 9.53 Å². The van der Waals surface area contributed by atoms with Gasteiger partial charge in [-0.05, 0) is 26.2 Å². The Morgan fingerprint density at radius 2 is 1.56 bits per heavy atom. The molecule has 0 aromatic rings. The van der Waals surface area contributed by atoms with E-state index >= 15 is 0 Å². The smallest absolute Gasteiger partial charge is 0.408 e. The zero-order valence-electron chi connectivity index (χ0n) is 10.7. The highest BCUT2D eigenvalue weighted by Crippen LogP contribution is 2.21. The molecule has 4 nitrogen and oxygen atoms in total. The maximum atomic E-state index is 12.7. The van der Waals surface area contributed by atoms with Gasteiger partial charge in [0.05, 0.1) is 0 Å². The van der Waals surface area contributed by atoms with Crippen molar-refractivity contribution in [3.8, 4) is 0 Å². The fourth-order valence-electron chi connectivity index (χ4n) is 1.04. The Balaban J connectivity index is 4.56. The first-order valence-electron chi connectivity index (χ1n) is 5.12. The molecule has 0 aliphatic carbocycles. The highest BCUT2D eigenvalue weighted by Gasteiger charge is 2.34. The lowest BCUT2D eigenvalue weighted by Gasteiger charge is -2.28. The van der Waals surface area contributed by atoms with Crippen LogP contribution in [0.1, 0.15) is 41.5 Å². The summed E-state index contributed by atoms with van der Waals surface area (Å²) >= 11 is 0. The average molecular weight is 233 g/mol. The van der Waals surface area contributed by atoms with Crippen molar-refractivity contribution >= 4 is 12.1 Å². The quantitative estimate of drug-likeness (QED) is 0.745. The van der Waals surface area contributed by atoms with Crippen LogP contribution in [0.3, 0.4) is 0 Å². The summed E-state index contributed by atoms with van der Waals surface area (Å²) in [5.74, 6) is 0. The van der Waals surface area contributed by atoms with Gasteiger partial charge in [-0.1, -0.05) is 20.8 Å². The van der Waals surface area contributed by atoms with E-state index in [1.54, 1.807) is 41.5 Å². The molecule has 16 heavy (non-hydrogen) atoms. The molecule has 0 fully saturated rings. The third-order valence-corrected chi connectivity index (χ3v) is 1.75. The van der Waals surface area contributed by atoms with E-state index in [-0.39, 0.29) is 0 Å². The minimum atomic E-state index is -1.57. The highest BCUT2D eigenvalue weighted by molar-refractivity contribution is 5.81. The van der Waals surface area contributed by atoms with E-state index in [9.17, 15) is 14.0 Å². The van der Waals surface area contributed by atoms with Gasteiger partial charge in [-0.2, -0.15) is 4.39 Å². The van der Waals surface area contributed by atoms with Crippen molar-refractivity contribution in [2.45, 2.75) is 53.2 Å². The van der Waals surface area contributed by atoms with E-state index in [2.05, 4.69) is 5.32 Å². The van der Waals surface area contributed by atoms with Crippen molar-refractivity contribution in [3.05, 3.63) is 0 Å². The maximum absolute atomic E-state index is 12.7. The highest BCUT2D eigenvalue weighted by atomic mass is 19.1. The number of carbonyl (C=O) groups is 2. The molecule has 0 saturated carbocycles. The van der Waals surface area contributed by atoms with Gasteiger partial charge in [0, 0.05) is 0 Å². The number of hydrogen-bond donors (Lipinski definition) is 1. The Morgan fingerprint density at radius 1 is 1.12 bits per heavy atom. The first kappa shape index (κ1) is 14.9. The molecule has 5 heteroatoms. The molecular formula is C11H20FNO3. The van der Waals surface area contributed by atoms with Crippen LogP contribution in [0.15, 0.2) is 0 Å². The Morgan fingerprint density at radius 3 is 1.81 bits per heavy atom. The molecule has 0 radical (unpaired) electrons. The van der Waals surface area contributed by atoms with E-state index in [1.165, 1.54) is 0 Å². The molecule has 0 aromatic heterocycles. The molecule has 0 aromatic carbocycles. The summed E-state index contributed by atoms with van der Waals surface area (Å²) in [5, 5.41) is 2.23. The molecule has 0 aliphatic heterocycles. The number of halogens is 1. The molecule has 0 saturated heterocycles. The van der Waals surface area contributed by atoms with E-state index in [0.717, 1.165) is 0 Å². The summed E-state index contributed by atoms with van der Waals surface area (Å²) in [6.07, 6.45) is -0.793. The molecule has 0 rings (SSSR count). The minimum Gasteiger partial charge on any atom is -0.444 e. The van der Waals surface area contributed by atoms with Crippen LogP contribution in [0, 0.1) is 5.41 Å². The van der Waals surface area contributed by atoms with Gasteiger partial charge >= 0.3 is 12.1 Å². The summed E-state index contributed by atoms with van der Waals surface area (Å²) in [6, 6.07) is -2.76. The van der Waals surface area contributed by atoms with Gasteiger partial charge in [-0.15, -0.1) is 0 Å². The Kier molecular flexibility index (Phi) is 4.46. The third kappa shape index (κ3) is 5.68. The van der Waals surface area contributed by atoms with Gasteiger partial charge in [0.15, 0.2) is 0 Å². The third-order valence-electron chi connectivity index (χ3n) is 1.75. The van der Waals surface area contributed by atoms with E-state index < -0.39 is 29.2 Å². The largest absolute Gasteiger partial charge is 0.444 e. The van der Waals surface area contributed by atoms with Crippen LogP contribution < -0.4 is 5.32 Å². The minimum absolute atomic E-state index is 0.675. The Bertz CT molecular complexity index is 276. The van der Waals surface area contributed by atoms with Gasteiger partial charge in [-0.25, -0.2) is 4.79 Å². The molecule has 0 spiro atoms. The zero-order chi connectivity index (χ0) is 13.1. The normalized spacial score (nSPS) is 14.2. The predicted molar refractivity (Wildman–Crippen MR) is 58.7 cm³/mol. The molecule has 0 unspecified atom stereocenters. The second-order valence-corrected chi connectivity index (χ2v) is 5.75. The summed E-state index contributed by atoms with van der Waals surface area (Å²) < 4.78 is 17.7. The molecule has 94 valence electrons. The second-order valence-electron chi connectivity index (χ2n) is 5.75. The van der Waals surface area contributed by atoms with Gasteiger partial charge in [0.2, 0.25) is 0 Å². The standard InChI is InChI=1S/C11H20FNO3/c1-10(2,3)7(8(12)14)13-9(15)16-11(4,5)6/h7H,1-6H3,(H,13,15)/t7-/m0/s1. The van der Waals surface area contributed by atoms with Crippen molar-refractivity contribution in [2.75, 3.05) is 0 Å². The van der Waals surface area contributed by atoms with Crippen LogP contribution in [0.2, 0.25) is 0 Å². The molecule has 0 bridgehead atoms. The van der Waals surface area contributed by atoms with Gasteiger partial charge < -0.3 is 10.1 Å². The van der Waals surface area contributed by atoms with Crippen molar-refractivity contribution < 1.29 is 18.7 Å². The topological polar surface area (TPSA) is 55.4 Å². The zero-order valence-corrected chi connectivity index (χ0v) is 10.7. The van der Waals surface area contributed by atoms with Crippen LogP contribution in [0.5, 0.6) is 0 Å². The van der Waals surface area contributed by atoms with Gasteiger partial charge in [0.25, 0.3) is 0 Å². The summed E-state index contributed by atoms with van der Waals surface area (Å²) in [7, 11) is 0. The molecule has 1 atom stereocenters. The number of ether oxygens (including phenoxy) is 1. The van der Waals surface area contributed by atoms with Crippen molar-refractivity contribution in [1.29, 1.82) is 0 Å². The Hall–Kier alpha value is -1.13. The molecule has 0 aliphatic rings. The number of hydrogen-bond acceptors (Lipinski definition) is 3. The SMILES string of the molecule is CC(C)(C)OC(=O)N[C@@H](C(=O)F)C(C)(C)C. The number of carbonyl (C=O) groups excluding carboxylic acids is 2. The van der Waals surface area contributed by atoms with E-state index in [1.807, 2.05) is 0 Å². The summed E-state index contributed by atoms with van der Waals surface area (Å²) in [6.45, 7) is 10.0. The first-order chi connectivity index (χ1) is 6.93. The lowest BCUT2D eigenvalue weighted by molar-refractivity contribution is -0.134. The lowest BCUT2D eigenvalue weighted by atomic mass is 9.87. The summed E-state index contributed by atoms with van der Waals surface area (Å²) in [4.78, 5) is 22.1. The molecular weight excluding hydrogens is 213 g/mol. The predicted octanol–water partition coefficient (Wildman–Crippen LogP) is 2.42. The van der Waals surface area contributed by atoms with Crippen LogP contribution in [-0.4, -0.2) is 23.8 Å². The van der Waals surface area contributed by atoms with Crippen LogP contribution >= 0.6 is 0 Å². The van der Waals surface area contributed by atoms with Crippen molar-refractivity contribution in [3.63, 3.8) is 0 Å². The average Bonchev–Trinajstić information content (AvgIpc) is 1.93. The van der Waals surface area contributed by atoms with Crippen LogP contribution in [0.25, 0.3) is 0 Å². The van der Waals surface area contributed by atoms with Crippen LogP contribution in [0.4, 0.5) is 9.18 Å². The Labute approximate surface area is 95.5 Å². The fraction of sp³-hybridized carbons (Fsp3) is 0.818. The number of amides is 1. The first-order valence-corrected chi connectivity index (χ1v) is 5.12. The second kappa shape index (κ2) is 4.80. The van der Waals surface area contributed by atoms with Gasteiger partial charge in [-0.3, -0.25) is 4.79 Å². The molecule has 1 N–H and O–H groups in total. The van der Waals surface area contributed by atoms with E-state index in [4.69, 9.17) is 4.74 Å². The number of rotatable bonds is 2. The van der Waals surface area contributed by atoms with Gasteiger partial charge in [0.1, 0.15) is 11.6 Å². The monoisotopic (exact) mass is 233 g/mol. The molecule has 1 amide bonds. The van der Waals surface area contributed by atoms with E-state index in [0.29, 0.717) is 0 Å². The summed E-state index contributed by atoms with van der Waals surface area (Å²) in [5.41, 5.74) is -1.37. The van der Waals surface area contributed by atoms with Crippen molar-refractivity contribution in [2.24, 2.45) is 5.41 Å². The maximum Gasteiger partial charge on any atom is 0.408 e. The number of alkyl carbamates (subject to hydrolysis) is 1. The lowest BCUT2D eigenvalue weighted by Crippen LogP contribution is -2.49. The van der Waals surface area contributed by atoms with Crippen molar-refractivity contribution in [1.82, 2.24) is 5.32 Å².